The van der Waals surface area contributed by atoms with E-state index in [9.17, 15) is 13.2 Å². The van der Waals surface area contributed by atoms with Crippen LogP contribution >= 0.6 is 34.7 Å². The molecule has 0 bridgehead atoms. The Morgan fingerprint density at radius 1 is 1.27 bits per heavy atom. The predicted molar refractivity (Wildman–Crippen MR) is 118 cm³/mol. The Morgan fingerprint density at radius 2 is 2.03 bits per heavy atom. The van der Waals surface area contributed by atoms with Crippen LogP contribution in [0.5, 0.6) is 5.75 Å². The summed E-state index contributed by atoms with van der Waals surface area (Å²) in [5.41, 5.74) is 2.16. The zero-order chi connectivity index (χ0) is 21.9. The maximum absolute atomic E-state index is 12.7. The van der Waals surface area contributed by atoms with Crippen molar-refractivity contribution in [3.8, 4) is 5.75 Å². The van der Waals surface area contributed by atoms with Crippen LogP contribution in [0.4, 0.5) is 5.69 Å². The molecule has 30 heavy (non-hydrogen) atoms. The van der Waals surface area contributed by atoms with Crippen molar-refractivity contribution in [3.05, 3.63) is 58.1 Å². The summed E-state index contributed by atoms with van der Waals surface area (Å²) in [6.07, 6.45) is 0. The van der Waals surface area contributed by atoms with Gasteiger partial charge in [0, 0.05) is 16.0 Å². The van der Waals surface area contributed by atoms with Gasteiger partial charge in [-0.3, -0.25) is 4.72 Å². The number of aromatic nitrogens is 1. The van der Waals surface area contributed by atoms with Gasteiger partial charge in [-0.25, -0.2) is 18.2 Å². The van der Waals surface area contributed by atoms with Crippen molar-refractivity contribution >= 4 is 56.4 Å². The second kappa shape index (κ2) is 9.25. The van der Waals surface area contributed by atoms with Gasteiger partial charge >= 0.3 is 5.97 Å². The first-order valence-electron chi connectivity index (χ1n) is 8.51. The second-order valence-corrected chi connectivity index (χ2v) is 10.5. The zero-order valence-electron chi connectivity index (χ0n) is 15.9. The van der Waals surface area contributed by atoms with Crippen LogP contribution in [0.25, 0.3) is 0 Å². The first kappa shape index (κ1) is 22.4. The molecule has 158 valence electrons. The van der Waals surface area contributed by atoms with Crippen LogP contribution in [0.3, 0.4) is 0 Å². The fraction of sp³-hybridized carbons (Fsp3) is 0.158. The summed E-state index contributed by atoms with van der Waals surface area (Å²) in [4.78, 5) is 15.9. The van der Waals surface area contributed by atoms with E-state index in [1.54, 1.807) is 17.4 Å². The number of carboxylic acid groups (broad SMARTS) is 1. The Kier molecular flexibility index (Phi) is 6.91. The molecule has 0 saturated carbocycles. The minimum absolute atomic E-state index is 0.00124. The number of aliphatic carboxylic acids is 1. The molecule has 0 aliphatic heterocycles. The molecule has 0 aliphatic rings. The number of thiazole rings is 1. The van der Waals surface area contributed by atoms with Crippen LogP contribution in [0.1, 0.15) is 11.3 Å². The lowest BCUT2D eigenvalue weighted by atomic mass is 10.2. The van der Waals surface area contributed by atoms with Crippen LogP contribution < -0.4 is 9.46 Å². The molecule has 3 aromatic rings. The number of nitrogens with one attached hydrogen (secondary N) is 1. The Hall–Kier alpha value is -2.27. The van der Waals surface area contributed by atoms with Crippen molar-refractivity contribution in [2.24, 2.45) is 0 Å². The third-order valence-corrected chi connectivity index (χ3v) is 7.51. The van der Waals surface area contributed by atoms with Crippen LogP contribution in [-0.2, 0) is 14.8 Å². The smallest absolute Gasteiger partial charge is 0.341 e. The van der Waals surface area contributed by atoms with Crippen molar-refractivity contribution in [2.45, 2.75) is 28.0 Å². The highest BCUT2D eigenvalue weighted by Gasteiger charge is 2.18. The lowest BCUT2D eigenvalue weighted by Gasteiger charge is -2.13. The topological polar surface area (TPSA) is 106 Å². The van der Waals surface area contributed by atoms with Crippen LogP contribution in [-0.4, -0.2) is 31.1 Å². The third-order valence-electron chi connectivity index (χ3n) is 3.81. The first-order chi connectivity index (χ1) is 14.1. The molecule has 1 heterocycles. The maximum atomic E-state index is 12.7. The van der Waals surface area contributed by atoms with Gasteiger partial charge in [0.1, 0.15) is 5.75 Å². The molecule has 0 amide bonds. The molecule has 0 aliphatic carbocycles. The summed E-state index contributed by atoms with van der Waals surface area (Å²) in [7, 11) is -3.90. The number of benzene rings is 2. The lowest BCUT2D eigenvalue weighted by Crippen LogP contribution is -2.14. The lowest BCUT2D eigenvalue weighted by molar-refractivity contribution is -0.139. The largest absolute Gasteiger partial charge is 0.480 e. The molecule has 0 radical (unpaired) electrons. The van der Waals surface area contributed by atoms with E-state index in [1.165, 1.54) is 30.0 Å². The van der Waals surface area contributed by atoms with Gasteiger partial charge in [-0.1, -0.05) is 23.4 Å². The average molecular weight is 485 g/mol. The number of carboxylic acids is 1. The van der Waals surface area contributed by atoms with Crippen LogP contribution in [0.15, 0.2) is 55.9 Å². The van der Waals surface area contributed by atoms with Gasteiger partial charge < -0.3 is 9.84 Å². The highest BCUT2D eigenvalue weighted by molar-refractivity contribution is 8.01. The molecule has 2 aromatic carbocycles. The number of carbonyl (C=O) groups is 1. The average Bonchev–Trinajstić information content (AvgIpc) is 3.07. The standard InChI is InChI=1S/C19H17ClN2O5S3/c1-11-7-13(29-19-21-12(2)10-28-19)3-5-16(11)22-30(25,26)14-4-6-17(15(20)8-14)27-9-18(23)24/h3-8,10,22H,9H2,1-2H3,(H,23,24). The minimum atomic E-state index is -3.90. The fourth-order valence-corrected chi connectivity index (χ4v) is 5.77. The first-order valence-corrected chi connectivity index (χ1v) is 12.1. The maximum Gasteiger partial charge on any atom is 0.341 e. The van der Waals surface area contributed by atoms with Gasteiger partial charge in [0.05, 0.1) is 15.6 Å². The monoisotopic (exact) mass is 484 g/mol. The molecule has 0 spiro atoms. The van der Waals surface area contributed by atoms with E-state index in [4.69, 9.17) is 21.4 Å². The number of rotatable bonds is 8. The van der Waals surface area contributed by atoms with Gasteiger partial charge in [0.2, 0.25) is 0 Å². The minimum Gasteiger partial charge on any atom is -0.480 e. The van der Waals surface area contributed by atoms with E-state index in [1.807, 2.05) is 31.4 Å². The zero-order valence-corrected chi connectivity index (χ0v) is 19.1. The molecule has 7 nitrogen and oxygen atoms in total. The van der Waals surface area contributed by atoms with Crippen LogP contribution in [0.2, 0.25) is 5.02 Å². The Morgan fingerprint density at radius 3 is 2.63 bits per heavy atom. The SMILES string of the molecule is Cc1csc(Sc2ccc(NS(=O)(=O)c3ccc(OCC(=O)O)c(Cl)c3)c(C)c2)n1. The van der Waals surface area contributed by atoms with E-state index in [0.29, 0.717) is 5.69 Å². The summed E-state index contributed by atoms with van der Waals surface area (Å²) in [6.45, 7) is 3.17. The molecular formula is C19H17ClN2O5S3. The highest BCUT2D eigenvalue weighted by Crippen LogP contribution is 2.33. The van der Waals surface area contributed by atoms with Crippen LogP contribution in [0, 0.1) is 13.8 Å². The Labute approximate surface area is 187 Å². The molecule has 1 aromatic heterocycles. The summed E-state index contributed by atoms with van der Waals surface area (Å²) < 4.78 is 34.0. The van der Waals surface area contributed by atoms with Crippen molar-refractivity contribution < 1.29 is 23.1 Å². The number of hydrogen-bond donors (Lipinski definition) is 2. The summed E-state index contributed by atoms with van der Waals surface area (Å²) >= 11 is 9.10. The molecule has 2 N–H and O–H groups in total. The predicted octanol–water partition coefficient (Wildman–Crippen LogP) is 4.83. The van der Waals surface area contributed by atoms with E-state index in [2.05, 4.69) is 9.71 Å². The Bertz CT molecular complexity index is 1190. The quantitative estimate of drug-likeness (QED) is 0.471. The number of ether oxygens (including phenoxy) is 1. The molecule has 11 heteroatoms. The number of anilines is 1. The van der Waals surface area contributed by atoms with Crippen molar-refractivity contribution in [3.63, 3.8) is 0 Å². The van der Waals surface area contributed by atoms with E-state index < -0.39 is 22.6 Å². The molecule has 0 unspecified atom stereocenters. The number of sulfonamides is 1. The fourth-order valence-electron chi connectivity index (χ4n) is 2.40. The van der Waals surface area contributed by atoms with Gasteiger partial charge in [-0.15, -0.1) is 11.3 Å². The molecule has 0 atom stereocenters. The molecule has 0 fully saturated rings. The summed E-state index contributed by atoms with van der Waals surface area (Å²) in [5, 5.41) is 10.6. The van der Waals surface area contributed by atoms with Crippen molar-refractivity contribution in [2.75, 3.05) is 11.3 Å². The van der Waals surface area contributed by atoms with E-state index in [-0.39, 0.29) is 15.7 Å². The normalized spacial score (nSPS) is 11.3. The second-order valence-electron chi connectivity index (χ2n) is 6.21. The number of hydrogen-bond acceptors (Lipinski definition) is 7. The number of nitrogens with zero attached hydrogens (tertiary/aromatic N) is 1. The number of halogens is 1. The van der Waals surface area contributed by atoms with Gasteiger partial charge in [0.25, 0.3) is 10.0 Å². The van der Waals surface area contributed by atoms with Crippen molar-refractivity contribution in [1.82, 2.24) is 4.98 Å². The molecular weight excluding hydrogens is 468 g/mol. The summed E-state index contributed by atoms with van der Waals surface area (Å²) in [6, 6.07) is 9.24. The molecule has 3 rings (SSSR count). The molecule has 0 saturated heterocycles. The Balaban J connectivity index is 1.76. The van der Waals surface area contributed by atoms with Gasteiger partial charge in [-0.05, 0) is 55.8 Å². The van der Waals surface area contributed by atoms with Gasteiger partial charge in [0.15, 0.2) is 10.9 Å². The van der Waals surface area contributed by atoms with E-state index >= 15 is 0 Å². The van der Waals surface area contributed by atoms with Crippen molar-refractivity contribution in [1.29, 1.82) is 0 Å². The van der Waals surface area contributed by atoms with Gasteiger partial charge in [-0.2, -0.15) is 0 Å². The number of aryl methyl sites for hydroxylation is 2. The third kappa shape index (κ3) is 5.66. The van der Waals surface area contributed by atoms with E-state index in [0.717, 1.165) is 20.5 Å². The summed E-state index contributed by atoms with van der Waals surface area (Å²) in [5.74, 6) is -1.07. The highest BCUT2D eigenvalue weighted by atomic mass is 35.5.